The summed E-state index contributed by atoms with van der Waals surface area (Å²) >= 11 is 0. The number of aliphatic carboxylic acids is 1. The van der Waals surface area contributed by atoms with Crippen LogP contribution in [0.15, 0.2) is 11.6 Å². The topological polar surface area (TPSA) is 77.8 Å². The SMILES string of the molecule is CC1(C)CC[C@]2(C)CC[C@]3(C(=O)O)C(=CCC4[C@@]5(C)CC[C@H](O)[C@](C)(CO)C5CC[C@]43C)C2C1. The molecule has 0 aromatic rings. The highest BCUT2D eigenvalue weighted by Crippen LogP contribution is 2.75. The second-order valence-corrected chi connectivity index (χ2v) is 15.0. The Morgan fingerprint density at radius 1 is 0.941 bits per heavy atom. The average molecular weight is 473 g/mol. The van der Waals surface area contributed by atoms with Crippen LogP contribution in [0.2, 0.25) is 0 Å². The highest BCUT2D eigenvalue weighted by molar-refractivity contribution is 5.81. The quantitative estimate of drug-likeness (QED) is 0.418. The van der Waals surface area contributed by atoms with E-state index in [1.54, 1.807) is 0 Å². The van der Waals surface area contributed by atoms with E-state index in [2.05, 4.69) is 47.6 Å². The summed E-state index contributed by atoms with van der Waals surface area (Å²) in [6, 6.07) is 0. The zero-order valence-electron chi connectivity index (χ0n) is 22.4. The maximum Gasteiger partial charge on any atom is 0.314 e. The van der Waals surface area contributed by atoms with Crippen LogP contribution in [0.1, 0.15) is 106 Å². The van der Waals surface area contributed by atoms with Gasteiger partial charge in [-0.3, -0.25) is 4.79 Å². The number of carboxylic acids is 1. The van der Waals surface area contributed by atoms with E-state index in [1.807, 2.05) is 0 Å². The van der Waals surface area contributed by atoms with Gasteiger partial charge in [0.25, 0.3) is 0 Å². The summed E-state index contributed by atoms with van der Waals surface area (Å²) in [5.41, 5.74) is 0.0886. The Labute approximate surface area is 206 Å². The molecule has 0 aromatic carbocycles. The van der Waals surface area contributed by atoms with Crippen molar-refractivity contribution in [1.82, 2.24) is 0 Å². The van der Waals surface area contributed by atoms with E-state index >= 15 is 0 Å². The zero-order valence-corrected chi connectivity index (χ0v) is 22.4. The molecule has 34 heavy (non-hydrogen) atoms. The lowest BCUT2D eigenvalue weighted by molar-refractivity contribution is -0.222. The molecule has 5 aliphatic rings. The Balaban J connectivity index is 1.64. The predicted octanol–water partition coefficient (Wildman–Crippen LogP) is 6.21. The Morgan fingerprint density at radius 3 is 2.26 bits per heavy atom. The van der Waals surface area contributed by atoms with Crippen molar-refractivity contribution < 1.29 is 20.1 Å². The molecule has 0 bridgehead atoms. The Hall–Kier alpha value is -0.870. The van der Waals surface area contributed by atoms with Gasteiger partial charge in [-0.25, -0.2) is 0 Å². The second-order valence-electron chi connectivity index (χ2n) is 15.0. The third-order valence-electron chi connectivity index (χ3n) is 13.0. The van der Waals surface area contributed by atoms with Crippen molar-refractivity contribution in [3.63, 3.8) is 0 Å². The molecule has 0 aliphatic heterocycles. The first kappa shape index (κ1) is 24.8. The fourth-order valence-corrected chi connectivity index (χ4v) is 10.7. The first-order valence-corrected chi connectivity index (χ1v) is 13.9. The summed E-state index contributed by atoms with van der Waals surface area (Å²) in [5, 5.41) is 32.4. The van der Waals surface area contributed by atoms with Crippen molar-refractivity contribution in [2.75, 3.05) is 6.61 Å². The lowest BCUT2D eigenvalue weighted by atomic mass is 9.33. The minimum atomic E-state index is -0.785. The Bertz CT molecular complexity index is 907. The van der Waals surface area contributed by atoms with Gasteiger partial charge >= 0.3 is 5.97 Å². The summed E-state index contributed by atoms with van der Waals surface area (Å²) < 4.78 is 0. The summed E-state index contributed by atoms with van der Waals surface area (Å²) in [5.74, 6) is 0.243. The Morgan fingerprint density at radius 2 is 1.62 bits per heavy atom. The third-order valence-corrected chi connectivity index (χ3v) is 13.0. The van der Waals surface area contributed by atoms with E-state index in [4.69, 9.17) is 0 Å². The first-order chi connectivity index (χ1) is 15.7. The number of hydrogen-bond donors (Lipinski definition) is 3. The minimum absolute atomic E-state index is 0.00146. The van der Waals surface area contributed by atoms with Crippen molar-refractivity contribution in [3.05, 3.63) is 11.6 Å². The summed E-state index contributed by atoms with van der Waals surface area (Å²) in [6.45, 7) is 13.9. The number of rotatable bonds is 2. The van der Waals surface area contributed by atoms with Crippen molar-refractivity contribution in [1.29, 1.82) is 0 Å². The van der Waals surface area contributed by atoms with Crippen LogP contribution in [-0.4, -0.2) is 34.0 Å². The molecule has 9 atom stereocenters. The van der Waals surface area contributed by atoms with Gasteiger partial charge in [-0.15, -0.1) is 0 Å². The molecule has 0 aromatic heterocycles. The van der Waals surface area contributed by atoms with E-state index in [1.165, 1.54) is 18.4 Å². The number of carbonyl (C=O) groups is 1. The molecule has 0 heterocycles. The van der Waals surface area contributed by atoms with E-state index in [0.717, 1.165) is 44.9 Å². The third kappa shape index (κ3) is 2.88. The monoisotopic (exact) mass is 472 g/mol. The maximum atomic E-state index is 13.5. The van der Waals surface area contributed by atoms with Crippen LogP contribution in [-0.2, 0) is 4.79 Å². The van der Waals surface area contributed by atoms with Crippen LogP contribution in [0.5, 0.6) is 0 Å². The molecular formula is C30H48O4. The van der Waals surface area contributed by atoms with Crippen molar-refractivity contribution >= 4 is 5.97 Å². The molecular weight excluding hydrogens is 424 g/mol. The summed E-state index contributed by atoms with van der Waals surface area (Å²) in [6.07, 6.45) is 11.5. The van der Waals surface area contributed by atoms with Gasteiger partial charge in [-0.1, -0.05) is 53.2 Å². The van der Waals surface area contributed by atoms with Gasteiger partial charge in [0, 0.05) is 5.41 Å². The molecule has 5 aliphatic carbocycles. The number of carboxylic acid groups (broad SMARTS) is 1. The number of hydrogen-bond acceptors (Lipinski definition) is 3. The molecule has 4 fully saturated rings. The lowest BCUT2D eigenvalue weighted by Crippen LogP contribution is -2.67. The molecule has 0 spiro atoms. The molecule has 3 unspecified atom stereocenters. The fourth-order valence-electron chi connectivity index (χ4n) is 10.7. The van der Waals surface area contributed by atoms with Crippen LogP contribution >= 0.6 is 0 Å². The fraction of sp³-hybridized carbons (Fsp3) is 0.900. The highest BCUT2D eigenvalue weighted by atomic mass is 16.4. The first-order valence-electron chi connectivity index (χ1n) is 13.9. The molecule has 5 rings (SSSR count). The number of aliphatic hydroxyl groups excluding tert-OH is 2. The van der Waals surface area contributed by atoms with Gasteiger partial charge in [0.2, 0.25) is 0 Å². The Kier molecular flexibility index (Phi) is 5.36. The molecule has 4 saturated carbocycles. The number of allylic oxidation sites excluding steroid dienone is 1. The van der Waals surface area contributed by atoms with Crippen molar-refractivity contribution in [3.8, 4) is 0 Å². The lowest BCUT2D eigenvalue weighted by Gasteiger charge is -2.70. The van der Waals surface area contributed by atoms with Crippen LogP contribution in [0.4, 0.5) is 0 Å². The van der Waals surface area contributed by atoms with Crippen LogP contribution in [0, 0.1) is 50.2 Å². The van der Waals surface area contributed by atoms with E-state index in [-0.39, 0.29) is 40.1 Å². The zero-order chi connectivity index (χ0) is 24.9. The molecule has 4 heteroatoms. The van der Waals surface area contributed by atoms with Crippen molar-refractivity contribution in [2.24, 2.45) is 50.2 Å². The van der Waals surface area contributed by atoms with Crippen LogP contribution < -0.4 is 0 Å². The molecule has 4 nitrogen and oxygen atoms in total. The molecule has 0 amide bonds. The average Bonchev–Trinajstić information content (AvgIpc) is 2.76. The maximum absolute atomic E-state index is 13.5. The van der Waals surface area contributed by atoms with Gasteiger partial charge in [0.15, 0.2) is 0 Å². The second kappa shape index (κ2) is 7.34. The normalized spacial score (nSPS) is 54.1. The summed E-state index contributed by atoms with van der Waals surface area (Å²) in [7, 11) is 0. The standard InChI is InChI=1S/C30H48O4/c1-25(2)13-14-26(3)15-16-30(24(33)34)19(20(26)17-25)7-8-22-27(4)11-10-23(32)28(5,18-31)21(27)9-12-29(22,30)6/h7,20-23,31-32H,8-18H2,1-6H3,(H,33,34)/t20?,21?,22?,23-,26+,27-,28+,29+,30+/m0/s1. The predicted molar refractivity (Wildman–Crippen MR) is 134 cm³/mol. The number of aliphatic hydroxyl groups is 2. The molecule has 0 radical (unpaired) electrons. The molecule has 192 valence electrons. The van der Waals surface area contributed by atoms with E-state index in [9.17, 15) is 20.1 Å². The van der Waals surface area contributed by atoms with Gasteiger partial charge in [-0.05, 0) is 104 Å². The van der Waals surface area contributed by atoms with Gasteiger partial charge in [0.1, 0.15) is 0 Å². The summed E-state index contributed by atoms with van der Waals surface area (Å²) in [4.78, 5) is 13.5. The van der Waals surface area contributed by atoms with Crippen LogP contribution in [0.25, 0.3) is 0 Å². The number of fused-ring (bicyclic) bond motifs is 7. The van der Waals surface area contributed by atoms with E-state index < -0.39 is 22.9 Å². The van der Waals surface area contributed by atoms with Crippen molar-refractivity contribution in [2.45, 2.75) is 112 Å². The van der Waals surface area contributed by atoms with Crippen LogP contribution in [0.3, 0.4) is 0 Å². The molecule has 0 saturated heterocycles. The molecule has 3 N–H and O–H groups in total. The minimum Gasteiger partial charge on any atom is -0.481 e. The smallest absolute Gasteiger partial charge is 0.314 e. The van der Waals surface area contributed by atoms with Gasteiger partial charge < -0.3 is 15.3 Å². The van der Waals surface area contributed by atoms with E-state index in [0.29, 0.717) is 12.3 Å². The van der Waals surface area contributed by atoms with Gasteiger partial charge in [-0.2, -0.15) is 0 Å². The largest absolute Gasteiger partial charge is 0.481 e. The van der Waals surface area contributed by atoms with Gasteiger partial charge in [0.05, 0.1) is 18.1 Å². The highest BCUT2D eigenvalue weighted by Gasteiger charge is 2.72.